The zero-order valence-electron chi connectivity index (χ0n) is 11.8. The Kier molecular flexibility index (Phi) is 4.01. The van der Waals surface area contributed by atoms with E-state index in [1.807, 2.05) is 17.8 Å². The van der Waals surface area contributed by atoms with Gasteiger partial charge in [-0.25, -0.2) is 4.98 Å². The van der Waals surface area contributed by atoms with Crippen molar-refractivity contribution >= 4 is 11.5 Å². The molecule has 0 aliphatic rings. The Hall–Kier alpha value is -1.27. The minimum atomic E-state index is -0.522. The van der Waals surface area contributed by atoms with E-state index >= 15 is 0 Å². The van der Waals surface area contributed by atoms with Gasteiger partial charge in [-0.05, 0) is 18.0 Å². The number of hydrogen-bond donors (Lipinski definition) is 1. The molecular formula is C13H20N4OS. The zero-order chi connectivity index (χ0) is 14.0. The summed E-state index contributed by atoms with van der Waals surface area (Å²) >= 11 is 1.29. The molecule has 0 radical (unpaired) electrons. The number of hydrogen-bond acceptors (Lipinski definition) is 5. The number of aromatic nitrogens is 4. The van der Waals surface area contributed by atoms with Crippen LogP contribution in [0.1, 0.15) is 49.7 Å². The van der Waals surface area contributed by atoms with E-state index in [2.05, 4.69) is 35.3 Å². The Morgan fingerprint density at radius 3 is 2.74 bits per heavy atom. The van der Waals surface area contributed by atoms with Crippen molar-refractivity contribution in [3.8, 4) is 0 Å². The number of aliphatic hydroxyl groups is 1. The molecule has 0 aromatic carbocycles. The molecule has 0 fully saturated rings. The van der Waals surface area contributed by atoms with Crippen LogP contribution in [0.2, 0.25) is 0 Å². The maximum absolute atomic E-state index is 10.3. The maximum atomic E-state index is 10.3. The summed E-state index contributed by atoms with van der Waals surface area (Å²) < 4.78 is 5.96. The molecule has 0 bridgehead atoms. The van der Waals surface area contributed by atoms with Crippen LogP contribution in [0.25, 0.3) is 0 Å². The SMILES string of the molecule is Cn1ccnc1CCC(O)c1snnc1C(C)(C)C. The average Bonchev–Trinajstić information content (AvgIpc) is 2.93. The monoisotopic (exact) mass is 280 g/mol. The van der Waals surface area contributed by atoms with E-state index in [0.29, 0.717) is 6.42 Å². The standard InChI is InChI=1S/C13H20N4OS/c1-13(2,3)12-11(19-16-15-12)9(18)5-6-10-14-7-8-17(10)4/h7-9,18H,5-6H2,1-4H3. The van der Waals surface area contributed by atoms with Crippen molar-refractivity contribution in [3.05, 3.63) is 28.8 Å². The number of rotatable bonds is 4. The molecule has 0 aliphatic heterocycles. The van der Waals surface area contributed by atoms with E-state index in [1.54, 1.807) is 6.20 Å². The van der Waals surface area contributed by atoms with E-state index in [9.17, 15) is 5.11 Å². The first-order valence-electron chi connectivity index (χ1n) is 6.36. The summed E-state index contributed by atoms with van der Waals surface area (Å²) in [6.07, 6.45) is 4.54. The van der Waals surface area contributed by atoms with Crippen LogP contribution in [0.3, 0.4) is 0 Å². The number of aryl methyl sites for hydroxylation is 2. The number of aliphatic hydroxyl groups excluding tert-OH is 1. The second-order valence-corrected chi connectivity index (χ2v) is 6.53. The molecule has 1 unspecified atom stereocenters. The Bertz CT molecular complexity index is 541. The smallest absolute Gasteiger partial charge is 0.108 e. The van der Waals surface area contributed by atoms with E-state index in [4.69, 9.17) is 0 Å². The average molecular weight is 280 g/mol. The first kappa shape index (κ1) is 14.1. The van der Waals surface area contributed by atoms with Gasteiger partial charge in [0.2, 0.25) is 0 Å². The Morgan fingerprint density at radius 2 is 2.16 bits per heavy atom. The van der Waals surface area contributed by atoms with Crippen LogP contribution < -0.4 is 0 Å². The van der Waals surface area contributed by atoms with Gasteiger partial charge >= 0.3 is 0 Å². The van der Waals surface area contributed by atoms with Crippen LogP contribution in [0, 0.1) is 0 Å². The first-order chi connectivity index (χ1) is 8.89. The van der Waals surface area contributed by atoms with Crippen molar-refractivity contribution in [2.75, 3.05) is 0 Å². The molecule has 1 atom stereocenters. The van der Waals surface area contributed by atoms with Gasteiger partial charge in [-0.1, -0.05) is 25.3 Å². The molecule has 0 spiro atoms. The van der Waals surface area contributed by atoms with Crippen molar-refractivity contribution in [3.63, 3.8) is 0 Å². The Labute approximate surface area is 117 Å². The van der Waals surface area contributed by atoms with E-state index < -0.39 is 6.10 Å². The summed E-state index contributed by atoms with van der Waals surface area (Å²) in [5, 5.41) is 14.5. The number of nitrogens with zero attached hydrogens (tertiary/aromatic N) is 4. The van der Waals surface area contributed by atoms with Crippen LogP contribution >= 0.6 is 11.5 Å². The third kappa shape index (κ3) is 3.19. The highest BCUT2D eigenvalue weighted by Gasteiger charge is 2.26. The van der Waals surface area contributed by atoms with Gasteiger partial charge in [0.1, 0.15) is 5.82 Å². The molecule has 1 N–H and O–H groups in total. The highest BCUT2D eigenvalue weighted by molar-refractivity contribution is 7.05. The highest BCUT2D eigenvalue weighted by Crippen LogP contribution is 2.32. The van der Waals surface area contributed by atoms with Crippen LogP contribution in [-0.4, -0.2) is 24.2 Å². The second kappa shape index (κ2) is 5.38. The van der Waals surface area contributed by atoms with Crippen molar-refractivity contribution in [2.45, 2.75) is 45.1 Å². The number of imidazole rings is 1. The van der Waals surface area contributed by atoms with Gasteiger partial charge in [-0.2, -0.15) is 0 Å². The molecule has 2 rings (SSSR count). The van der Waals surface area contributed by atoms with Gasteiger partial charge < -0.3 is 9.67 Å². The zero-order valence-corrected chi connectivity index (χ0v) is 12.6. The quantitative estimate of drug-likeness (QED) is 0.933. The molecule has 6 heteroatoms. The first-order valence-corrected chi connectivity index (χ1v) is 7.14. The van der Waals surface area contributed by atoms with E-state index in [1.165, 1.54) is 11.5 Å². The minimum Gasteiger partial charge on any atom is -0.387 e. The molecule has 2 heterocycles. The maximum Gasteiger partial charge on any atom is 0.108 e. The van der Waals surface area contributed by atoms with E-state index in [0.717, 1.165) is 22.8 Å². The fourth-order valence-electron chi connectivity index (χ4n) is 1.97. The van der Waals surface area contributed by atoms with Crippen LogP contribution in [0.4, 0.5) is 0 Å². The molecule has 2 aromatic rings. The van der Waals surface area contributed by atoms with Crippen molar-refractivity contribution in [1.29, 1.82) is 0 Å². The largest absolute Gasteiger partial charge is 0.387 e. The van der Waals surface area contributed by atoms with Gasteiger partial charge in [-0.15, -0.1) is 5.10 Å². The predicted octanol–water partition coefficient (Wildman–Crippen LogP) is 2.24. The summed E-state index contributed by atoms with van der Waals surface area (Å²) in [4.78, 5) is 5.14. The van der Waals surface area contributed by atoms with Gasteiger partial charge in [-0.3, -0.25) is 0 Å². The Balaban J connectivity index is 2.07. The predicted molar refractivity (Wildman–Crippen MR) is 75.1 cm³/mol. The van der Waals surface area contributed by atoms with Crippen LogP contribution in [-0.2, 0) is 18.9 Å². The second-order valence-electron chi connectivity index (χ2n) is 5.74. The molecule has 104 valence electrons. The van der Waals surface area contributed by atoms with Crippen LogP contribution in [0.15, 0.2) is 12.4 Å². The molecule has 0 saturated heterocycles. The van der Waals surface area contributed by atoms with Gasteiger partial charge in [0, 0.05) is 31.3 Å². The van der Waals surface area contributed by atoms with Crippen molar-refractivity contribution < 1.29 is 5.11 Å². The third-order valence-corrected chi connectivity index (χ3v) is 3.91. The molecule has 5 nitrogen and oxygen atoms in total. The van der Waals surface area contributed by atoms with Crippen molar-refractivity contribution in [2.24, 2.45) is 7.05 Å². The molecule has 0 amide bonds. The van der Waals surface area contributed by atoms with E-state index in [-0.39, 0.29) is 5.41 Å². The van der Waals surface area contributed by atoms with Crippen molar-refractivity contribution in [1.82, 2.24) is 19.1 Å². The molecule has 0 aliphatic carbocycles. The van der Waals surface area contributed by atoms with Gasteiger partial charge in [0.15, 0.2) is 0 Å². The molecular weight excluding hydrogens is 260 g/mol. The molecule has 0 saturated carbocycles. The lowest BCUT2D eigenvalue weighted by molar-refractivity contribution is 0.168. The lowest BCUT2D eigenvalue weighted by Crippen LogP contribution is -2.16. The van der Waals surface area contributed by atoms with Gasteiger partial charge in [0.25, 0.3) is 0 Å². The van der Waals surface area contributed by atoms with Gasteiger partial charge in [0.05, 0.1) is 16.7 Å². The lowest BCUT2D eigenvalue weighted by Gasteiger charge is -2.18. The topological polar surface area (TPSA) is 63.8 Å². The fourth-order valence-corrected chi connectivity index (χ4v) is 2.85. The summed E-state index contributed by atoms with van der Waals surface area (Å²) in [5.41, 5.74) is 0.803. The summed E-state index contributed by atoms with van der Waals surface area (Å²) in [5.74, 6) is 0.980. The molecule has 19 heavy (non-hydrogen) atoms. The minimum absolute atomic E-state index is 0.0907. The summed E-state index contributed by atoms with van der Waals surface area (Å²) in [6, 6.07) is 0. The summed E-state index contributed by atoms with van der Waals surface area (Å²) in [6.45, 7) is 6.25. The third-order valence-electron chi connectivity index (χ3n) is 3.09. The lowest BCUT2D eigenvalue weighted by atomic mass is 9.90. The van der Waals surface area contributed by atoms with Crippen LogP contribution in [0.5, 0.6) is 0 Å². The summed E-state index contributed by atoms with van der Waals surface area (Å²) in [7, 11) is 1.96. The Morgan fingerprint density at radius 1 is 1.42 bits per heavy atom. The molecule has 2 aromatic heterocycles. The normalized spacial score (nSPS) is 13.7. The fraction of sp³-hybridized carbons (Fsp3) is 0.615. The highest BCUT2D eigenvalue weighted by atomic mass is 32.1.